The highest BCUT2D eigenvalue weighted by Gasteiger charge is 2.42. The Bertz CT molecular complexity index is 655. The monoisotopic (exact) mass is 405 g/mol. The van der Waals surface area contributed by atoms with Gasteiger partial charge in [0.2, 0.25) is 11.8 Å². The normalized spacial score (nSPS) is 31.1. The van der Waals surface area contributed by atoms with Crippen molar-refractivity contribution >= 4 is 17.9 Å². The molecule has 29 heavy (non-hydrogen) atoms. The highest BCUT2D eigenvalue weighted by atomic mass is 16.6. The van der Waals surface area contributed by atoms with Crippen molar-refractivity contribution in [1.82, 2.24) is 15.5 Å². The van der Waals surface area contributed by atoms with Crippen molar-refractivity contribution in [3.8, 4) is 0 Å². The molecule has 0 aromatic heterocycles. The molecule has 2 aliphatic heterocycles. The fraction of sp³-hybridized carbons (Fsp3) is 0.773. The van der Waals surface area contributed by atoms with E-state index in [9.17, 15) is 14.4 Å². The second-order valence-corrected chi connectivity index (χ2v) is 9.47. The van der Waals surface area contributed by atoms with Crippen molar-refractivity contribution in [3.63, 3.8) is 0 Å². The zero-order valence-corrected chi connectivity index (χ0v) is 17.9. The fourth-order valence-electron chi connectivity index (χ4n) is 4.14. The molecule has 3 aliphatic rings. The van der Waals surface area contributed by atoms with Crippen LogP contribution in [0, 0.1) is 5.92 Å². The molecule has 0 aromatic rings. The van der Waals surface area contributed by atoms with Crippen LogP contribution < -0.4 is 10.6 Å². The molecule has 2 heterocycles. The van der Waals surface area contributed by atoms with Crippen LogP contribution in [-0.4, -0.2) is 53.1 Å². The van der Waals surface area contributed by atoms with Crippen molar-refractivity contribution in [3.05, 3.63) is 12.2 Å². The van der Waals surface area contributed by atoms with E-state index in [1.165, 1.54) is 0 Å². The molecule has 0 spiro atoms. The maximum absolute atomic E-state index is 13.3. The van der Waals surface area contributed by atoms with Crippen LogP contribution in [0.25, 0.3) is 0 Å². The molecule has 2 fully saturated rings. The SMILES string of the molecule is CC(C)(C)OC(=O)NC1CCCCCC=CC2CC2NC(=O)C2CCCN2C1=O. The topological polar surface area (TPSA) is 87.7 Å². The number of rotatable bonds is 1. The van der Waals surface area contributed by atoms with Gasteiger partial charge in [0.25, 0.3) is 0 Å². The van der Waals surface area contributed by atoms with Crippen molar-refractivity contribution in [1.29, 1.82) is 0 Å². The average Bonchev–Trinajstić information content (AvgIpc) is 3.15. The Morgan fingerprint density at radius 2 is 1.97 bits per heavy atom. The van der Waals surface area contributed by atoms with Gasteiger partial charge in [-0.3, -0.25) is 9.59 Å². The summed E-state index contributed by atoms with van der Waals surface area (Å²) < 4.78 is 5.36. The lowest BCUT2D eigenvalue weighted by Crippen LogP contribution is -2.54. The first-order chi connectivity index (χ1) is 13.7. The lowest BCUT2D eigenvalue weighted by molar-refractivity contribution is -0.140. The summed E-state index contributed by atoms with van der Waals surface area (Å²) in [4.78, 5) is 40.0. The standard InChI is InChI=1S/C22H35N3O4/c1-22(2,3)29-21(28)24-16-11-8-6-4-5-7-10-15-14-17(15)23-19(26)18-12-9-13-25(18)20(16)27/h7,10,15-18H,4-6,8-9,11-14H2,1-3H3,(H,23,26)(H,24,28). The van der Waals surface area contributed by atoms with Gasteiger partial charge in [-0.25, -0.2) is 4.79 Å². The van der Waals surface area contributed by atoms with Gasteiger partial charge in [-0.05, 0) is 65.2 Å². The van der Waals surface area contributed by atoms with Gasteiger partial charge in [0.15, 0.2) is 0 Å². The fourth-order valence-corrected chi connectivity index (χ4v) is 4.14. The molecule has 3 rings (SSSR count). The molecule has 7 heteroatoms. The number of nitrogens with one attached hydrogen (secondary N) is 2. The minimum atomic E-state index is -0.660. The molecule has 2 N–H and O–H groups in total. The molecule has 162 valence electrons. The molecule has 4 unspecified atom stereocenters. The molecular weight excluding hydrogens is 370 g/mol. The van der Waals surface area contributed by atoms with Crippen LogP contribution in [0.4, 0.5) is 4.79 Å². The third-order valence-electron chi connectivity index (χ3n) is 5.74. The summed E-state index contributed by atoms with van der Waals surface area (Å²) in [5.41, 5.74) is -0.629. The van der Waals surface area contributed by atoms with Gasteiger partial charge in [-0.15, -0.1) is 0 Å². The van der Waals surface area contributed by atoms with Crippen LogP contribution in [-0.2, 0) is 14.3 Å². The smallest absolute Gasteiger partial charge is 0.408 e. The number of hydrogen-bond acceptors (Lipinski definition) is 4. The van der Waals surface area contributed by atoms with E-state index < -0.39 is 23.8 Å². The molecule has 1 saturated heterocycles. The molecule has 1 saturated carbocycles. The summed E-state index contributed by atoms with van der Waals surface area (Å²) in [6.07, 6.45) is 10.7. The van der Waals surface area contributed by atoms with E-state index in [1.54, 1.807) is 25.7 Å². The van der Waals surface area contributed by atoms with Crippen LogP contribution >= 0.6 is 0 Å². The predicted octanol–water partition coefficient (Wildman–Crippen LogP) is 2.90. The molecule has 0 bridgehead atoms. The third-order valence-corrected chi connectivity index (χ3v) is 5.74. The van der Waals surface area contributed by atoms with Gasteiger partial charge in [-0.1, -0.05) is 25.0 Å². The number of nitrogens with zero attached hydrogens (tertiary/aromatic N) is 1. The molecule has 7 nitrogen and oxygen atoms in total. The first-order valence-electron chi connectivity index (χ1n) is 11.0. The molecule has 0 aromatic carbocycles. The Hall–Kier alpha value is -2.05. The van der Waals surface area contributed by atoms with Crippen molar-refractivity contribution in [2.75, 3.05) is 6.54 Å². The summed E-state index contributed by atoms with van der Waals surface area (Å²) >= 11 is 0. The second-order valence-electron chi connectivity index (χ2n) is 9.47. The number of fused-ring (bicyclic) bond motifs is 2. The maximum Gasteiger partial charge on any atom is 0.408 e. The number of ether oxygens (including phenoxy) is 1. The second kappa shape index (κ2) is 9.18. The van der Waals surface area contributed by atoms with Crippen LogP contribution in [0.1, 0.15) is 72.1 Å². The van der Waals surface area contributed by atoms with E-state index in [2.05, 4.69) is 22.8 Å². The van der Waals surface area contributed by atoms with E-state index in [0.717, 1.165) is 38.5 Å². The molecule has 3 amide bonds. The Balaban J connectivity index is 1.71. The number of allylic oxidation sites excluding steroid dienone is 1. The van der Waals surface area contributed by atoms with Crippen molar-refractivity contribution in [2.45, 2.75) is 95.9 Å². The van der Waals surface area contributed by atoms with Crippen molar-refractivity contribution < 1.29 is 19.1 Å². The Morgan fingerprint density at radius 1 is 1.17 bits per heavy atom. The van der Waals surface area contributed by atoms with Gasteiger partial charge in [-0.2, -0.15) is 0 Å². The number of carbonyl (C=O) groups is 3. The Kier molecular flexibility index (Phi) is 6.85. The Labute approximate surface area is 173 Å². The van der Waals surface area contributed by atoms with E-state index >= 15 is 0 Å². The lowest BCUT2D eigenvalue weighted by Gasteiger charge is -2.29. The zero-order valence-electron chi connectivity index (χ0n) is 17.9. The number of alkyl carbamates (subject to hydrolysis) is 1. The summed E-state index contributed by atoms with van der Waals surface area (Å²) in [6, 6.07) is -0.912. The summed E-state index contributed by atoms with van der Waals surface area (Å²) in [6.45, 7) is 5.94. The molecular formula is C22H35N3O4. The lowest BCUT2D eigenvalue weighted by atomic mass is 10.0. The minimum absolute atomic E-state index is 0.0670. The first-order valence-corrected chi connectivity index (χ1v) is 11.0. The van der Waals surface area contributed by atoms with Gasteiger partial charge < -0.3 is 20.3 Å². The van der Waals surface area contributed by atoms with Gasteiger partial charge in [0.1, 0.15) is 17.7 Å². The highest BCUT2D eigenvalue weighted by Crippen LogP contribution is 2.33. The van der Waals surface area contributed by atoms with Crippen molar-refractivity contribution in [2.24, 2.45) is 5.92 Å². The predicted molar refractivity (Wildman–Crippen MR) is 110 cm³/mol. The van der Waals surface area contributed by atoms with Gasteiger partial charge >= 0.3 is 6.09 Å². The van der Waals surface area contributed by atoms with E-state index in [0.29, 0.717) is 25.3 Å². The molecule has 1 aliphatic carbocycles. The highest BCUT2D eigenvalue weighted by molar-refractivity contribution is 5.92. The van der Waals surface area contributed by atoms with E-state index in [-0.39, 0.29) is 17.9 Å². The molecule has 0 radical (unpaired) electrons. The molecule has 4 atom stereocenters. The summed E-state index contributed by atoms with van der Waals surface area (Å²) in [5.74, 6) is 0.188. The first kappa shape index (κ1) is 21.7. The van der Waals surface area contributed by atoms with Crippen LogP contribution in [0.2, 0.25) is 0 Å². The quantitative estimate of drug-likeness (QED) is 0.657. The van der Waals surface area contributed by atoms with Gasteiger partial charge in [0.05, 0.1) is 0 Å². The summed E-state index contributed by atoms with van der Waals surface area (Å²) in [7, 11) is 0. The van der Waals surface area contributed by atoms with Gasteiger partial charge in [0, 0.05) is 12.6 Å². The van der Waals surface area contributed by atoms with Crippen LogP contribution in [0.3, 0.4) is 0 Å². The van der Waals surface area contributed by atoms with E-state index in [1.807, 2.05) is 0 Å². The average molecular weight is 406 g/mol. The minimum Gasteiger partial charge on any atom is -0.444 e. The maximum atomic E-state index is 13.3. The van der Waals surface area contributed by atoms with Crippen LogP contribution in [0.5, 0.6) is 0 Å². The number of amides is 3. The number of carbonyl (C=O) groups excluding carboxylic acids is 3. The zero-order chi connectivity index (χ0) is 21.0. The van der Waals surface area contributed by atoms with E-state index in [4.69, 9.17) is 4.74 Å². The summed E-state index contributed by atoms with van der Waals surface area (Å²) in [5, 5.41) is 5.87. The van der Waals surface area contributed by atoms with Crippen LogP contribution in [0.15, 0.2) is 12.2 Å². The number of hydrogen-bond donors (Lipinski definition) is 2. The third kappa shape index (κ3) is 6.21. The Morgan fingerprint density at radius 3 is 2.72 bits per heavy atom. The largest absolute Gasteiger partial charge is 0.444 e.